The molecule has 0 saturated carbocycles. The molecule has 2 aromatic carbocycles. The molecular weight excluding hydrogens is 523 g/mol. The molecule has 0 aliphatic heterocycles. The van der Waals surface area contributed by atoms with Crippen LogP contribution in [0.25, 0.3) is 11.1 Å². The lowest BCUT2D eigenvalue weighted by molar-refractivity contribution is 0.0529. The SMILES string of the molecule is CCOC(=O)c1c(NC(=S)Nc2cnn(Cc3c(Cl)cccc3Cl)c2)sc(C)c1-c1ccccc1. The Morgan fingerprint density at radius 3 is 2.51 bits per heavy atom. The van der Waals surface area contributed by atoms with E-state index < -0.39 is 5.97 Å². The molecule has 35 heavy (non-hydrogen) atoms. The molecular formula is C25H22Cl2N4O2S2. The van der Waals surface area contributed by atoms with E-state index in [1.54, 1.807) is 42.2 Å². The van der Waals surface area contributed by atoms with Crippen LogP contribution in [0.4, 0.5) is 10.7 Å². The van der Waals surface area contributed by atoms with E-state index in [9.17, 15) is 4.79 Å². The van der Waals surface area contributed by atoms with Crippen molar-refractivity contribution in [3.05, 3.63) is 87.0 Å². The number of ether oxygens (including phenoxy) is 1. The van der Waals surface area contributed by atoms with Crippen molar-refractivity contribution in [2.75, 3.05) is 17.2 Å². The maximum Gasteiger partial charge on any atom is 0.341 e. The molecule has 0 amide bonds. The van der Waals surface area contributed by atoms with Crippen molar-refractivity contribution in [1.29, 1.82) is 0 Å². The third kappa shape index (κ3) is 5.85. The quantitative estimate of drug-likeness (QED) is 0.188. The van der Waals surface area contributed by atoms with Crippen molar-refractivity contribution in [2.45, 2.75) is 20.4 Å². The first-order valence-corrected chi connectivity index (χ1v) is 12.7. The van der Waals surface area contributed by atoms with Crippen molar-refractivity contribution < 1.29 is 9.53 Å². The number of hydrogen-bond acceptors (Lipinski definition) is 5. The number of nitrogens with zero attached hydrogens (tertiary/aromatic N) is 2. The molecule has 0 spiro atoms. The third-order valence-corrected chi connectivity index (χ3v) is 7.06. The van der Waals surface area contributed by atoms with Crippen molar-refractivity contribution in [3.8, 4) is 11.1 Å². The van der Waals surface area contributed by atoms with Gasteiger partial charge in [0.15, 0.2) is 5.11 Å². The molecule has 2 heterocycles. The van der Waals surface area contributed by atoms with Gasteiger partial charge in [-0.2, -0.15) is 5.10 Å². The van der Waals surface area contributed by atoms with Gasteiger partial charge in [-0.1, -0.05) is 59.6 Å². The van der Waals surface area contributed by atoms with Crippen molar-refractivity contribution in [1.82, 2.24) is 9.78 Å². The number of thiocarbonyl (C=S) groups is 1. The molecule has 0 unspecified atom stereocenters. The van der Waals surface area contributed by atoms with E-state index >= 15 is 0 Å². The lowest BCUT2D eigenvalue weighted by Gasteiger charge is -2.11. The standard InChI is InChI=1S/C25H22Cl2N4O2S2/c1-3-33-24(32)22-21(16-8-5-4-6-9-16)15(2)35-23(22)30-25(34)29-17-12-28-31(13-17)14-18-19(26)10-7-11-20(18)27/h4-13H,3,14H2,1-2H3,(H2,29,30,34). The number of aryl methyl sites for hydroxylation is 1. The Morgan fingerprint density at radius 2 is 1.83 bits per heavy atom. The Labute approximate surface area is 222 Å². The number of benzene rings is 2. The highest BCUT2D eigenvalue weighted by Crippen LogP contribution is 2.40. The van der Waals surface area contributed by atoms with Crippen LogP contribution >= 0.6 is 46.8 Å². The summed E-state index contributed by atoms with van der Waals surface area (Å²) in [6, 6.07) is 15.1. The largest absolute Gasteiger partial charge is 0.462 e. The Hall–Kier alpha value is -2.91. The molecule has 0 atom stereocenters. The molecule has 0 aliphatic rings. The van der Waals surface area contributed by atoms with Gasteiger partial charge in [0.25, 0.3) is 0 Å². The lowest BCUT2D eigenvalue weighted by atomic mass is 10.0. The smallest absolute Gasteiger partial charge is 0.341 e. The highest BCUT2D eigenvalue weighted by molar-refractivity contribution is 7.80. The summed E-state index contributed by atoms with van der Waals surface area (Å²) in [5, 5.41) is 12.7. The van der Waals surface area contributed by atoms with Gasteiger partial charge in [0.05, 0.1) is 25.0 Å². The number of anilines is 2. The van der Waals surface area contributed by atoms with Gasteiger partial charge < -0.3 is 15.4 Å². The van der Waals surface area contributed by atoms with E-state index in [2.05, 4.69) is 15.7 Å². The molecule has 2 aromatic heterocycles. The molecule has 0 aliphatic carbocycles. The van der Waals surface area contributed by atoms with Crippen LogP contribution in [-0.4, -0.2) is 27.5 Å². The summed E-state index contributed by atoms with van der Waals surface area (Å²) in [6.45, 7) is 4.45. The number of nitrogens with one attached hydrogen (secondary N) is 2. The lowest BCUT2D eigenvalue weighted by Crippen LogP contribution is -2.20. The fourth-order valence-corrected chi connectivity index (χ4v) is 5.48. The fourth-order valence-electron chi connectivity index (χ4n) is 3.61. The Morgan fingerprint density at radius 1 is 1.11 bits per heavy atom. The Bertz CT molecular complexity index is 1350. The molecule has 2 N–H and O–H groups in total. The predicted molar refractivity (Wildman–Crippen MR) is 148 cm³/mol. The molecule has 4 rings (SSSR count). The number of rotatable bonds is 7. The molecule has 4 aromatic rings. The summed E-state index contributed by atoms with van der Waals surface area (Å²) in [7, 11) is 0. The summed E-state index contributed by atoms with van der Waals surface area (Å²) >= 11 is 19.5. The van der Waals surface area contributed by atoms with E-state index in [4.69, 9.17) is 40.2 Å². The Kier molecular flexibility index (Phi) is 8.07. The summed E-state index contributed by atoms with van der Waals surface area (Å²) in [5.41, 5.74) is 3.71. The zero-order valence-electron chi connectivity index (χ0n) is 19.0. The van der Waals surface area contributed by atoms with Gasteiger partial charge in [0.2, 0.25) is 0 Å². The van der Waals surface area contributed by atoms with E-state index in [0.717, 1.165) is 21.6 Å². The average Bonchev–Trinajstić information content (AvgIpc) is 3.40. The first kappa shape index (κ1) is 25.2. The monoisotopic (exact) mass is 544 g/mol. The van der Waals surface area contributed by atoms with Crippen LogP contribution in [0.15, 0.2) is 60.9 Å². The minimum atomic E-state index is -0.398. The highest BCUT2D eigenvalue weighted by atomic mass is 35.5. The van der Waals surface area contributed by atoms with Crippen LogP contribution in [0, 0.1) is 6.92 Å². The molecule has 6 nitrogen and oxygen atoms in total. The van der Waals surface area contributed by atoms with Crippen molar-refractivity contribution >= 4 is 68.5 Å². The summed E-state index contributed by atoms with van der Waals surface area (Å²) in [6.07, 6.45) is 3.45. The first-order chi connectivity index (χ1) is 16.9. The average molecular weight is 546 g/mol. The fraction of sp³-hybridized carbons (Fsp3) is 0.160. The van der Waals surface area contributed by atoms with Crippen LogP contribution in [0.3, 0.4) is 0 Å². The third-order valence-electron chi connectivity index (χ3n) is 5.13. The van der Waals surface area contributed by atoms with Gasteiger partial charge in [-0.25, -0.2) is 4.79 Å². The second-order valence-electron chi connectivity index (χ2n) is 7.53. The van der Waals surface area contributed by atoms with Gasteiger partial charge in [0, 0.05) is 32.2 Å². The summed E-state index contributed by atoms with van der Waals surface area (Å²) in [5.74, 6) is -0.398. The van der Waals surface area contributed by atoms with E-state index in [-0.39, 0.29) is 6.61 Å². The number of carbonyl (C=O) groups excluding carboxylic acids is 1. The van der Waals surface area contributed by atoms with Gasteiger partial charge in [-0.05, 0) is 43.8 Å². The second kappa shape index (κ2) is 11.2. The topological polar surface area (TPSA) is 68.2 Å². The maximum atomic E-state index is 12.9. The number of thiophene rings is 1. The predicted octanol–water partition coefficient (Wildman–Crippen LogP) is 7.26. The molecule has 0 radical (unpaired) electrons. The zero-order valence-corrected chi connectivity index (χ0v) is 22.1. The van der Waals surface area contributed by atoms with Gasteiger partial charge >= 0.3 is 5.97 Å². The van der Waals surface area contributed by atoms with Crippen LogP contribution in [-0.2, 0) is 11.3 Å². The van der Waals surface area contributed by atoms with Crippen molar-refractivity contribution in [3.63, 3.8) is 0 Å². The maximum absolute atomic E-state index is 12.9. The number of carbonyl (C=O) groups is 1. The summed E-state index contributed by atoms with van der Waals surface area (Å²) < 4.78 is 7.07. The van der Waals surface area contributed by atoms with E-state index in [1.807, 2.05) is 37.3 Å². The normalized spacial score (nSPS) is 10.7. The molecule has 0 fully saturated rings. The van der Waals surface area contributed by atoms with Crippen LogP contribution in [0.1, 0.15) is 27.7 Å². The zero-order chi connectivity index (χ0) is 24.9. The van der Waals surface area contributed by atoms with Gasteiger partial charge in [-0.15, -0.1) is 11.3 Å². The molecule has 180 valence electrons. The highest BCUT2D eigenvalue weighted by Gasteiger charge is 2.25. The van der Waals surface area contributed by atoms with Crippen LogP contribution in [0.2, 0.25) is 10.0 Å². The van der Waals surface area contributed by atoms with E-state index in [1.165, 1.54) is 11.3 Å². The van der Waals surface area contributed by atoms with E-state index in [0.29, 0.717) is 38.0 Å². The Balaban J connectivity index is 1.53. The first-order valence-electron chi connectivity index (χ1n) is 10.8. The second-order valence-corrected chi connectivity index (χ2v) is 9.98. The summed E-state index contributed by atoms with van der Waals surface area (Å²) in [4.78, 5) is 13.9. The minimum absolute atomic E-state index is 0.277. The number of hydrogen-bond donors (Lipinski definition) is 2. The van der Waals surface area contributed by atoms with Crippen molar-refractivity contribution in [2.24, 2.45) is 0 Å². The number of aromatic nitrogens is 2. The number of esters is 1. The molecule has 0 saturated heterocycles. The van der Waals surface area contributed by atoms with Gasteiger partial charge in [0.1, 0.15) is 10.6 Å². The van der Waals surface area contributed by atoms with Crippen LogP contribution in [0.5, 0.6) is 0 Å². The molecule has 10 heteroatoms. The molecule has 0 bridgehead atoms. The minimum Gasteiger partial charge on any atom is -0.462 e. The van der Waals surface area contributed by atoms with Gasteiger partial charge in [-0.3, -0.25) is 4.68 Å². The van der Waals surface area contributed by atoms with Crippen LogP contribution < -0.4 is 10.6 Å². The number of halogens is 2.